The third-order valence-corrected chi connectivity index (χ3v) is 2.65. The lowest BCUT2D eigenvalue weighted by molar-refractivity contribution is 0.816. The summed E-state index contributed by atoms with van der Waals surface area (Å²) in [6.45, 7) is 1.97. The zero-order valence-electron chi connectivity index (χ0n) is 7.24. The van der Waals surface area contributed by atoms with E-state index in [0.717, 1.165) is 15.7 Å². The summed E-state index contributed by atoms with van der Waals surface area (Å²) >= 11 is 3.38. The maximum atomic E-state index is 5.78. The van der Waals surface area contributed by atoms with Gasteiger partial charge in [0.15, 0.2) is 0 Å². The first-order chi connectivity index (χ1) is 6.18. The lowest BCUT2D eigenvalue weighted by Crippen LogP contribution is -2.04. The van der Waals surface area contributed by atoms with Crippen LogP contribution >= 0.6 is 15.9 Å². The van der Waals surface area contributed by atoms with E-state index in [1.54, 1.807) is 6.33 Å². The molecule has 1 unspecified atom stereocenters. The maximum Gasteiger partial charge on any atom is 0.131 e. The fraction of sp³-hybridized carbons (Fsp3) is 0.222. The van der Waals surface area contributed by atoms with Gasteiger partial charge in [0.1, 0.15) is 10.9 Å². The van der Waals surface area contributed by atoms with Crippen molar-refractivity contribution in [2.75, 3.05) is 0 Å². The van der Waals surface area contributed by atoms with E-state index in [1.165, 1.54) is 0 Å². The minimum absolute atomic E-state index is 0.0619. The number of aromatic nitrogens is 2. The molecule has 0 spiro atoms. The molecule has 0 amide bonds. The van der Waals surface area contributed by atoms with E-state index in [1.807, 2.05) is 29.7 Å². The summed E-state index contributed by atoms with van der Waals surface area (Å²) < 4.78 is 2.81. The summed E-state index contributed by atoms with van der Waals surface area (Å²) in [6.07, 6.45) is 3.73. The highest BCUT2D eigenvalue weighted by atomic mass is 79.9. The van der Waals surface area contributed by atoms with E-state index >= 15 is 0 Å². The summed E-state index contributed by atoms with van der Waals surface area (Å²) in [7, 11) is 0. The summed E-state index contributed by atoms with van der Waals surface area (Å²) in [5, 5.41) is 0. The predicted molar refractivity (Wildman–Crippen MR) is 55.5 cm³/mol. The molecule has 4 heteroatoms. The van der Waals surface area contributed by atoms with Crippen molar-refractivity contribution in [3.05, 3.63) is 34.8 Å². The van der Waals surface area contributed by atoms with E-state index in [2.05, 4.69) is 20.9 Å². The smallest absolute Gasteiger partial charge is 0.131 e. The highest BCUT2D eigenvalue weighted by Gasteiger charge is 2.04. The third-order valence-electron chi connectivity index (χ3n) is 2.04. The Hall–Kier alpha value is -0.870. The molecule has 68 valence electrons. The Labute approximate surface area is 84.7 Å². The van der Waals surface area contributed by atoms with Gasteiger partial charge in [0.2, 0.25) is 0 Å². The molecule has 0 aliphatic heterocycles. The van der Waals surface area contributed by atoms with E-state index < -0.39 is 0 Å². The minimum Gasteiger partial charge on any atom is -0.324 e. The van der Waals surface area contributed by atoms with Gasteiger partial charge in [0, 0.05) is 12.2 Å². The summed E-state index contributed by atoms with van der Waals surface area (Å²) in [5.74, 6) is 0. The second-order valence-corrected chi connectivity index (χ2v) is 3.83. The van der Waals surface area contributed by atoms with Crippen LogP contribution in [-0.2, 0) is 0 Å². The van der Waals surface area contributed by atoms with Gasteiger partial charge in [-0.05, 0) is 40.5 Å². The average molecular weight is 240 g/mol. The zero-order valence-corrected chi connectivity index (χ0v) is 8.82. The largest absolute Gasteiger partial charge is 0.324 e. The number of pyridine rings is 1. The summed E-state index contributed by atoms with van der Waals surface area (Å²) in [4.78, 5) is 4.14. The first kappa shape index (κ1) is 8.72. The number of imidazole rings is 1. The Kier molecular flexibility index (Phi) is 2.09. The van der Waals surface area contributed by atoms with Gasteiger partial charge in [-0.1, -0.05) is 0 Å². The van der Waals surface area contributed by atoms with Crippen LogP contribution < -0.4 is 5.73 Å². The highest BCUT2D eigenvalue weighted by Crippen LogP contribution is 2.19. The molecule has 2 N–H and O–H groups in total. The molecule has 13 heavy (non-hydrogen) atoms. The van der Waals surface area contributed by atoms with Gasteiger partial charge in [-0.3, -0.25) is 0 Å². The fourth-order valence-electron chi connectivity index (χ4n) is 1.26. The molecule has 0 fully saturated rings. The van der Waals surface area contributed by atoms with Crippen LogP contribution in [0.25, 0.3) is 5.52 Å². The molecule has 0 saturated heterocycles. The van der Waals surface area contributed by atoms with Crippen molar-refractivity contribution in [1.29, 1.82) is 0 Å². The number of hydrogen-bond donors (Lipinski definition) is 1. The third kappa shape index (κ3) is 1.47. The van der Waals surface area contributed by atoms with Crippen molar-refractivity contribution >= 4 is 21.4 Å². The van der Waals surface area contributed by atoms with Gasteiger partial charge in [-0.15, -0.1) is 0 Å². The molecule has 3 nitrogen and oxygen atoms in total. The van der Waals surface area contributed by atoms with Crippen molar-refractivity contribution in [3.63, 3.8) is 0 Å². The van der Waals surface area contributed by atoms with Gasteiger partial charge in [-0.2, -0.15) is 0 Å². The zero-order chi connectivity index (χ0) is 9.42. The average Bonchev–Trinajstić information content (AvgIpc) is 2.47. The van der Waals surface area contributed by atoms with Crippen molar-refractivity contribution in [3.8, 4) is 0 Å². The molecule has 0 aromatic carbocycles. The maximum absolute atomic E-state index is 5.78. The lowest BCUT2D eigenvalue weighted by Gasteiger charge is -2.05. The molecule has 0 saturated carbocycles. The van der Waals surface area contributed by atoms with E-state index in [0.29, 0.717) is 0 Å². The predicted octanol–water partition coefficient (Wildman–Crippen LogP) is 2.12. The topological polar surface area (TPSA) is 43.3 Å². The van der Waals surface area contributed by atoms with Gasteiger partial charge in [0.05, 0.1) is 5.52 Å². The number of nitrogens with zero attached hydrogens (tertiary/aromatic N) is 2. The lowest BCUT2D eigenvalue weighted by atomic mass is 10.1. The molecule has 2 aromatic rings. The van der Waals surface area contributed by atoms with Gasteiger partial charge < -0.3 is 10.1 Å². The van der Waals surface area contributed by atoms with Crippen LogP contribution in [0, 0.1) is 0 Å². The summed E-state index contributed by atoms with van der Waals surface area (Å²) in [6, 6.07) is 4.11. The fourth-order valence-corrected chi connectivity index (χ4v) is 1.67. The first-order valence-corrected chi connectivity index (χ1v) is 4.85. The van der Waals surface area contributed by atoms with Crippen LogP contribution in [-0.4, -0.2) is 9.38 Å². The van der Waals surface area contributed by atoms with Crippen molar-refractivity contribution < 1.29 is 0 Å². The number of rotatable bonds is 1. The van der Waals surface area contributed by atoms with E-state index in [4.69, 9.17) is 5.73 Å². The number of fused-ring (bicyclic) bond motifs is 1. The second-order valence-electron chi connectivity index (χ2n) is 3.08. The van der Waals surface area contributed by atoms with Crippen LogP contribution in [0.5, 0.6) is 0 Å². The Morgan fingerprint density at radius 2 is 2.38 bits per heavy atom. The molecular formula is C9H10BrN3. The quantitative estimate of drug-likeness (QED) is 0.829. The highest BCUT2D eigenvalue weighted by molar-refractivity contribution is 9.10. The van der Waals surface area contributed by atoms with Crippen LogP contribution in [0.3, 0.4) is 0 Å². The van der Waals surface area contributed by atoms with Crippen LogP contribution in [0.2, 0.25) is 0 Å². The molecule has 0 aliphatic carbocycles. The van der Waals surface area contributed by atoms with Crippen LogP contribution in [0.4, 0.5) is 0 Å². The molecule has 2 heterocycles. The number of hydrogen-bond acceptors (Lipinski definition) is 2. The van der Waals surface area contributed by atoms with Crippen LogP contribution in [0.1, 0.15) is 18.5 Å². The number of halogens is 1. The van der Waals surface area contributed by atoms with Crippen LogP contribution in [0.15, 0.2) is 29.3 Å². The Morgan fingerprint density at radius 1 is 1.62 bits per heavy atom. The van der Waals surface area contributed by atoms with Gasteiger partial charge in [0.25, 0.3) is 0 Å². The molecule has 0 aliphatic rings. The van der Waals surface area contributed by atoms with Crippen molar-refractivity contribution in [1.82, 2.24) is 9.38 Å². The molecule has 2 aromatic heterocycles. The van der Waals surface area contributed by atoms with E-state index in [9.17, 15) is 0 Å². The van der Waals surface area contributed by atoms with E-state index in [-0.39, 0.29) is 6.04 Å². The summed E-state index contributed by atoms with van der Waals surface area (Å²) in [5.41, 5.74) is 7.95. The number of nitrogens with two attached hydrogens (primary N) is 1. The first-order valence-electron chi connectivity index (χ1n) is 4.06. The second kappa shape index (κ2) is 3.12. The Morgan fingerprint density at radius 3 is 3.08 bits per heavy atom. The monoisotopic (exact) mass is 239 g/mol. The minimum atomic E-state index is 0.0619. The van der Waals surface area contributed by atoms with Gasteiger partial charge in [-0.25, -0.2) is 4.98 Å². The SMILES string of the molecule is CC(N)c1ccn2cnc(Br)c2c1. The molecule has 2 rings (SSSR count). The molecule has 1 atom stereocenters. The molecule has 0 radical (unpaired) electrons. The standard InChI is InChI=1S/C9H10BrN3/c1-6(11)7-2-3-13-5-12-9(10)8(13)4-7/h2-6H,11H2,1H3. The van der Waals surface area contributed by atoms with Crippen molar-refractivity contribution in [2.24, 2.45) is 5.73 Å². The van der Waals surface area contributed by atoms with Crippen molar-refractivity contribution in [2.45, 2.75) is 13.0 Å². The molecule has 0 bridgehead atoms. The Bertz CT molecular complexity index is 433. The Balaban J connectivity index is 2.66. The normalized spacial score (nSPS) is 13.5. The molecular weight excluding hydrogens is 230 g/mol. The van der Waals surface area contributed by atoms with Gasteiger partial charge >= 0.3 is 0 Å².